The molecule has 0 radical (unpaired) electrons. The summed E-state index contributed by atoms with van der Waals surface area (Å²) in [7, 11) is -4.10. The Bertz CT molecular complexity index is 204. The zero-order valence-electron chi connectivity index (χ0n) is 5.70. The second-order valence-electron chi connectivity index (χ2n) is 2.01. The maximum atomic E-state index is 10.5. The van der Waals surface area contributed by atoms with Gasteiger partial charge in [0, 0.05) is 6.42 Å². The average Bonchev–Trinajstić information content (AvgIpc) is 1.59. The highest BCUT2D eigenvalue weighted by atomic mass is 32.2. The topological polar surface area (TPSA) is 71.4 Å². The van der Waals surface area contributed by atoms with E-state index in [1.807, 2.05) is 0 Å². The van der Waals surface area contributed by atoms with Gasteiger partial charge in [0.25, 0.3) is 10.1 Å². The zero-order valence-corrected chi connectivity index (χ0v) is 6.52. The van der Waals surface area contributed by atoms with E-state index in [0.717, 1.165) is 0 Å². The van der Waals surface area contributed by atoms with Crippen LogP contribution in [0.4, 0.5) is 0 Å². The number of carbonyl (C=O) groups is 1. The van der Waals surface area contributed by atoms with E-state index in [1.165, 1.54) is 0 Å². The maximum Gasteiger partial charge on any atom is 0.272 e. The molecule has 0 aromatic heterocycles. The van der Waals surface area contributed by atoms with Crippen LogP contribution in [0.1, 0.15) is 19.8 Å². The van der Waals surface area contributed by atoms with Crippen molar-refractivity contribution in [3.8, 4) is 0 Å². The molecule has 0 aliphatic rings. The third-order valence-corrected chi connectivity index (χ3v) is 1.56. The number of ketones is 1. The number of hydrogen-bond acceptors (Lipinski definition) is 3. The molecule has 0 aliphatic heterocycles. The van der Waals surface area contributed by atoms with Gasteiger partial charge in [-0.25, -0.2) is 0 Å². The van der Waals surface area contributed by atoms with Crippen LogP contribution in [0.25, 0.3) is 0 Å². The normalized spacial score (nSPS) is 11.4. The van der Waals surface area contributed by atoms with Crippen molar-refractivity contribution < 1.29 is 17.8 Å². The summed E-state index contributed by atoms with van der Waals surface area (Å²) in [5.74, 6) is -1.19. The maximum absolute atomic E-state index is 10.5. The summed E-state index contributed by atoms with van der Waals surface area (Å²) in [4.78, 5) is 10.5. The van der Waals surface area contributed by atoms with E-state index in [2.05, 4.69) is 0 Å². The molecule has 10 heavy (non-hydrogen) atoms. The van der Waals surface area contributed by atoms with Crippen LogP contribution in [0.5, 0.6) is 0 Å². The molecular formula is C5H10O4S. The Labute approximate surface area is 60.0 Å². The molecule has 60 valence electrons. The number of Topliss-reactive ketones (excluding diaryl/α,β-unsaturated/α-hetero) is 1. The highest BCUT2D eigenvalue weighted by molar-refractivity contribution is 7.86. The van der Waals surface area contributed by atoms with Crippen LogP contribution in [0.3, 0.4) is 0 Å². The minimum absolute atomic E-state index is 0.208. The van der Waals surface area contributed by atoms with Gasteiger partial charge < -0.3 is 0 Å². The van der Waals surface area contributed by atoms with E-state index >= 15 is 0 Å². The van der Waals surface area contributed by atoms with Gasteiger partial charge in [0.2, 0.25) is 0 Å². The van der Waals surface area contributed by atoms with Crippen molar-refractivity contribution in [2.45, 2.75) is 19.8 Å². The van der Waals surface area contributed by atoms with Crippen LogP contribution in [0.2, 0.25) is 0 Å². The lowest BCUT2D eigenvalue weighted by molar-refractivity contribution is -0.116. The first-order chi connectivity index (χ1) is 4.45. The zero-order chi connectivity index (χ0) is 8.20. The predicted octanol–water partition coefficient (Wildman–Crippen LogP) is 0.243. The molecule has 0 fully saturated rings. The summed E-state index contributed by atoms with van der Waals surface area (Å²) in [5.41, 5.74) is 0. The Balaban J connectivity index is 3.82. The fourth-order valence-electron chi connectivity index (χ4n) is 0.554. The fraction of sp³-hybridized carbons (Fsp3) is 0.800. The van der Waals surface area contributed by atoms with Crippen LogP contribution < -0.4 is 0 Å². The molecule has 4 nitrogen and oxygen atoms in total. The Hall–Kier alpha value is -0.420. The molecule has 0 saturated carbocycles. The van der Waals surface area contributed by atoms with Gasteiger partial charge >= 0.3 is 0 Å². The molecular weight excluding hydrogens is 156 g/mol. The second kappa shape index (κ2) is 3.68. The summed E-state index contributed by atoms with van der Waals surface area (Å²) in [6, 6.07) is 0. The van der Waals surface area contributed by atoms with Crippen molar-refractivity contribution in [1.82, 2.24) is 0 Å². The van der Waals surface area contributed by atoms with Gasteiger partial charge in [-0.2, -0.15) is 8.42 Å². The Kier molecular flexibility index (Phi) is 3.52. The molecule has 0 saturated heterocycles. The van der Waals surface area contributed by atoms with Crippen molar-refractivity contribution in [1.29, 1.82) is 0 Å². The number of hydrogen-bond donors (Lipinski definition) is 1. The van der Waals surface area contributed by atoms with Crippen molar-refractivity contribution in [2.24, 2.45) is 0 Å². The first kappa shape index (κ1) is 9.58. The van der Waals surface area contributed by atoms with Crippen molar-refractivity contribution in [2.75, 3.05) is 5.75 Å². The lowest BCUT2D eigenvalue weighted by atomic mass is 10.3. The molecule has 5 heteroatoms. The summed E-state index contributed by atoms with van der Waals surface area (Å²) in [5, 5.41) is 0. The molecule has 0 amide bonds. The molecule has 0 bridgehead atoms. The van der Waals surface area contributed by atoms with Crippen LogP contribution in [0.15, 0.2) is 0 Å². The first-order valence-electron chi connectivity index (χ1n) is 2.92. The SMILES string of the molecule is CCCC(=O)CS(=O)(=O)O. The Morgan fingerprint density at radius 3 is 2.30 bits per heavy atom. The van der Waals surface area contributed by atoms with E-state index in [0.29, 0.717) is 6.42 Å². The van der Waals surface area contributed by atoms with Gasteiger partial charge in [-0.3, -0.25) is 9.35 Å². The third kappa shape index (κ3) is 5.71. The van der Waals surface area contributed by atoms with E-state index < -0.39 is 21.7 Å². The average molecular weight is 166 g/mol. The standard InChI is InChI=1S/C5H10O4S/c1-2-3-5(6)4-10(7,8)9/h2-4H2,1H3,(H,7,8,9). The summed E-state index contributed by atoms with van der Waals surface area (Å²) >= 11 is 0. The van der Waals surface area contributed by atoms with Crippen molar-refractivity contribution in [3.05, 3.63) is 0 Å². The predicted molar refractivity (Wildman–Crippen MR) is 36.3 cm³/mol. The van der Waals surface area contributed by atoms with Gasteiger partial charge in [-0.1, -0.05) is 6.92 Å². The number of carbonyl (C=O) groups excluding carboxylic acids is 1. The minimum Gasteiger partial charge on any atom is -0.298 e. The Morgan fingerprint density at radius 2 is 2.00 bits per heavy atom. The lowest BCUT2D eigenvalue weighted by Crippen LogP contribution is -2.14. The molecule has 0 aromatic carbocycles. The van der Waals surface area contributed by atoms with Gasteiger partial charge in [-0.05, 0) is 6.42 Å². The largest absolute Gasteiger partial charge is 0.298 e. The first-order valence-corrected chi connectivity index (χ1v) is 4.53. The Morgan fingerprint density at radius 1 is 1.50 bits per heavy atom. The quantitative estimate of drug-likeness (QED) is 0.607. The highest BCUT2D eigenvalue weighted by Crippen LogP contribution is 1.92. The van der Waals surface area contributed by atoms with E-state index in [1.54, 1.807) is 6.92 Å². The van der Waals surface area contributed by atoms with Gasteiger partial charge in [0.1, 0.15) is 11.5 Å². The smallest absolute Gasteiger partial charge is 0.272 e. The molecule has 0 aliphatic carbocycles. The molecule has 0 heterocycles. The van der Waals surface area contributed by atoms with Gasteiger partial charge in [0.05, 0.1) is 0 Å². The summed E-state index contributed by atoms with van der Waals surface area (Å²) in [6.45, 7) is 1.77. The van der Waals surface area contributed by atoms with E-state index in [9.17, 15) is 13.2 Å². The van der Waals surface area contributed by atoms with Gasteiger partial charge in [0.15, 0.2) is 0 Å². The van der Waals surface area contributed by atoms with Crippen LogP contribution in [-0.4, -0.2) is 24.5 Å². The molecule has 0 atom stereocenters. The van der Waals surface area contributed by atoms with Crippen molar-refractivity contribution in [3.63, 3.8) is 0 Å². The lowest BCUT2D eigenvalue weighted by Gasteiger charge is -1.93. The minimum atomic E-state index is -4.10. The van der Waals surface area contributed by atoms with Crippen LogP contribution in [-0.2, 0) is 14.9 Å². The molecule has 0 aromatic rings. The molecule has 0 rings (SSSR count). The molecule has 1 N–H and O–H groups in total. The highest BCUT2D eigenvalue weighted by Gasteiger charge is 2.10. The second-order valence-corrected chi connectivity index (χ2v) is 3.47. The summed E-state index contributed by atoms with van der Waals surface area (Å²) < 4.78 is 28.3. The van der Waals surface area contributed by atoms with Crippen LogP contribution >= 0.6 is 0 Å². The molecule has 0 spiro atoms. The monoisotopic (exact) mass is 166 g/mol. The summed E-state index contributed by atoms with van der Waals surface area (Å²) in [6.07, 6.45) is 0.814. The fourth-order valence-corrected chi connectivity index (χ4v) is 1.11. The van der Waals surface area contributed by atoms with E-state index in [-0.39, 0.29) is 6.42 Å². The van der Waals surface area contributed by atoms with Gasteiger partial charge in [-0.15, -0.1) is 0 Å². The van der Waals surface area contributed by atoms with E-state index in [4.69, 9.17) is 4.55 Å². The molecule has 0 unspecified atom stereocenters. The van der Waals surface area contributed by atoms with Crippen LogP contribution in [0, 0.1) is 0 Å². The third-order valence-electron chi connectivity index (χ3n) is 0.872. The number of rotatable bonds is 4. The van der Waals surface area contributed by atoms with Crippen molar-refractivity contribution >= 4 is 15.9 Å².